The molecule has 0 radical (unpaired) electrons. The van der Waals surface area contributed by atoms with Crippen molar-refractivity contribution < 1.29 is 15.3 Å². The Hall–Kier alpha value is -0.160. The van der Waals surface area contributed by atoms with Crippen LogP contribution in [0.4, 0.5) is 0 Å². The van der Waals surface area contributed by atoms with Gasteiger partial charge in [0.2, 0.25) is 0 Å². The Morgan fingerprint density at radius 2 is 1.64 bits per heavy atom. The summed E-state index contributed by atoms with van der Waals surface area (Å²) in [5.41, 5.74) is 0. The largest absolute Gasteiger partial charge is 0.389 e. The lowest BCUT2D eigenvalue weighted by molar-refractivity contribution is -0.109. The number of hydrogen-bond donors (Lipinski definition) is 3. The first-order valence-electron chi connectivity index (χ1n) is 5.41. The van der Waals surface area contributed by atoms with Crippen LogP contribution in [0.2, 0.25) is 0 Å². The lowest BCUT2D eigenvalue weighted by Crippen LogP contribution is -2.55. The molecule has 0 saturated carbocycles. The lowest BCUT2D eigenvalue weighted by Gasteiger charge is -2.36. The molecular formula is C10H21NO3. The molecule has 4 heteroatoms. The number of β-amino-alcohol motifs (C(OH)–C–C–N with tert-alkyl or cyclic N) is 2. The molecule has 0 aromatic heterocycles. The highest BCUT2D eigenvalue weighted by Gasteiger charge is 2.32. The summed E-state index contributed by atoms with van der Waals surface area (Å²) >= 11 is 0. The predicted octanol–water partition coefficient (Wildman–Crippen LogP) is -0.425. The maximum Gasteiger partial charge on any atom is 0.108 e. The summed E-state index contributed by atoms with van der Waals surface area (Å²) in [6, 6.07) is 0. The molecule has 0 amide bonds. The second-order valence-electron chi connectivity index (χ2n) is 4.09. The first kappa shape index (κ1) is 11.9. The van der Waals surface area contributed by atoms with Crippen LogP contribution in [0.3, 0.4) is 0 Å². The highest BCUT2D eigenvalue weighted by Crippen LogP contribution is 2.12. The van der Waals surface area contributed by atoms with Gasteiger partial charge in [0.1, 0.15) is 6.10 Å². The van der Waals surface area contributed by atoms with Gasteiger partial charge in [-0.05, 0) is 13.0 Å². The minimum absolute atomic E-state index is 0.474. The van der Waals surface area contributed by atoms with Crippen molar-refractivity contribution in [3.8, 4) is 0 Å². The fourth-order valence-electron chi connectivity index (χ4n) is 1.84. The third kappa shape index (κ3) is 3.20. The standard InChI is InChI=1S/C10H21NO3/c1-2-3-4-5-11-6-8(12)10(14)9(13)7-11/h8-10,12-14H,2-7H2,1H3/t8-,9-/m0/s1. The molecule has 0 aliphatic carbocycles. The van der Waals surface area contributed by atoms with Gasteiger partial charge in [0.25, 0.3) is 0 Å². The number of hydrogen-bond acceptors (Lipinski definition) is 4. The van der Waals surface area contributed by atoms with Crippen molar-refractivity contribution in [2.45, 2.75) is 44.5 Å². The van der Waals surface area contributed by atoms with E-state index in [-0.39, 0.29) is 0 Å². The highest BCUT2D eigenvalue weighted by atomic mass is 16.4. The summed E-state index contributed by atoms with van der Waals surface area (Å²) in [6.07, 6.45) is 0.844. The quantitative estimate of drug-likeness (QED) is 0.543. The summed E-state index contributed by atoms with van der Waals surface area (Å²) in [6.45, 7) is 3.99. The van der Waals surface area contributed by atoms with E-state index in [0.717, 1.165) is 13.0 Å². The summed E-state index contributed by atoms with van der Waals surface area (Å²) < 4.78 is 0. The summed E-state index contributed by atoms with van der Waals surface area (Å²) in [7, 11) is 0. The summed E-state index contributed by atoms with van der Waals surface area (Å²) in [4.78, 5) is 2.01. The van der Waals surface area contributed by atoms with E-state index in [4.69, 9.17) is 0 Å². The molecule has 0 bridgehead atoms. The van der Waals surface area contributed by atoms with Gasteiger partial charge in [0.05, 0.1) is 12.2 Å². The van der Waals surface area contributed by atoms with Crippen molar-refractivity contribution in [1.29, 1.82) is 0 Å². The van der Waals surface area contributed by atoms with Crippen LogP contribution in [0.25, 0.3) is 0 Å². The van der Waals surface area contributed by atoms with E-state index >= 15 is 0 Å². The maximum atomic E-state index is 9.42. The van der Waals surface area contributed by atoms with Gasteiger partial charge in [-0.1, -0.05) is 19.8 Å². The van der Waals surface area contributed by atoms with Crippen LogP contribution in [0.5, 0.6) is 0 Å². The molecule has 1 aliphatic heterocycles. The van der Waals surface area contributed by atoms with E-state index in [0.29, 0.717) is 13.1 Å². The van der Waals surface area contributed by atoms with Gasteiger partial charge in [0.15, 0.2) is 0 Å². The van der Waals surface area contributed by atoms with Crippen LogP contribution in [-0.4, -0.2) is 58.2 Å². The number of likely N-dealkylation sites (tertiary alicyclic amines) is 1. The van der Waals surface area contributed by atoms with Gasteiger partial charge in [-0.2, -0.15) is 0 Å². The molecule has 0 spiro atoms. The fourth-order valence-corrected chi connectivity index (χ4v) is 1.84. The fraction of sp³-hybridized carbons (Fsp3) is 1.00. The van der Waals surface area contributed by atoms with E-state index in [1.807, 2.05) is 4.90 Å². The minimum atomic E-state index is -0.975. The maximum absolute atomic E-state index is 9.42. The second kappa shape index (κ2) is 5.66. The lowest BCUT2D eigenvalue weighted by atomic mass is 10.0. The zero-order valence-corrected chi connectivity index (χ0v) is 8.76. The number of nitrogens with zero attached hydrogens (tertiary/aromatic N) is 1. The minimum Gasteiger partial charge on any atom is -0.389 e. The second-order valence-corrected chi connectivity index (χ2v) is 4.09. The van der Waals surface area contributed by atoms with Gasteiger partial charge in [-0.3, -0.25) is 4.90 Å². The van der Waals surface area contributed by atoms with E-state index < -0.39 is 18.3 Å². The molecule has 1 rings (SSSR count). The zero-order valence-electron chi connectivity index (χ0n) is 8.76. The third-order valence-corrected chi connectivity index (χ3v) is 2.76. The molecule has 1 fully saturated rings. The predicted molar refractivity (Wildman–Crippen MR) is 54.0 cm³/mol. The summed E-state index contributed by atoms with van der Waals surface area (Å²) in [5.74, 6) is 0. The Bertz CT molecular complexity index is 153. The number of aliphatic hydroxyl groups excluding tert-OH is 3. The van der Waals surface area contributed by atoms with Crippen molar-refractivity contribution in [3.05, 3.63) is 0 Å². The number of unbranched alkanes of at least 4 members (excludes halogenated alkanes) is 2. The normalized spacial score (nSPS) is 30.9. The van der Waals surface area contributed by atoms with Crippen molar-refractivity contribution in [2.24, 2.45) is 0 Å². The molecule has 1 heterocycles. The van der Waals surface area contributed by atoms with E-state index in [1.54, 1.807) is 0 Å². The van der Waals surface area contributed by atoms with Crippen LogP contribution in [0.1, 0.15) is 26.2 Å². The molecule has 14 heavy (non-hydrogen) atoms. The molecule has 0 aromatic carbocycles. The molecule has 1 saturated heterocycles. The van der Waals surface area contributed by atoms with Crippen molar-refractivity contribution >= 4 is 0 Å². The Morgan fingerprint density at radius 1 is 1.07 bits per heavy atom. The smallest absolute Gasteiger partial charge is 0.108 e. The van der Waals surface area contributed by atoms with Crippen molar-refractivity contribution in [3.63, 3.8) is 0 Å². The average Bonchev–Trinajstić information content (AvgIpc) is 2.14. The van der Waals surface area contributed by atoms with Gasteiger partial charge < -0.3 is 15.3 Å². The van der Waals surface area contributed by atoms with Gasteiger partial charge >= 0.3 is 0 Å². The molecule has 84 valence electrons. The molecule has 0 unspecified atom stereocenters. The summed E-state index contributed by atoms with van der Waals surface area (Å²) in [5, 5.41) is 28.2. The molecule has 3 N–H and O–H groups in total. The molecular weight excluding hydrogens is 182 g/mol. The monoisotopic (exact) mass is 203 g/mol. The molecule has 4 nitrogen and oxygen atoms in total. The van der Waals surface area contributed by atoms with E-state index in [9.17, 15) is 15.3 Å². The van der Waals surface area contributed by atoms with E-state index in [1.165, 1.54) is 12.8 Å². The number of aliphatic hydroxyl groups is 3. The topological polar surface area (TPSA) is 63.9 Å². The van der Waals surface area contributed by atoms with E-state index in [2.05, 4.69) is 6.92 Å². The van der Waals surface area contributed by atoms with Crippen LogP contribution < -0.4 is 0 Å². The van der Waals surface area contributed by atoms with Gasteiger partial charge in [-0.15, -0.1) is 0 Å². The molecule has 1 aliphatic rings. The SMILES string of the molecule is CCCCCN1C[C@H](O)C(O)[C@@H](O)C1. The first-order valence-corrected chi connectivity index (χ1v) is 5.41. The van der Waals surface area contributed by atoms with Crippen LogP contribution in [0, 0.1) is 0 Å². The number of piperidine rings is 1. The van der Waals surface area contributed by atoms with Crippen molar-refractivity contribution in [1.82, 2.24) is 4.90 Å². The molecule has 2 atom stereocenters. The zero-order chi connectivity index (χ0) is 10.6. The van der Waals surface area contributed by atoms with Crippen LogP contribution in [0.15, 0.2) is 0 Å². The Morgan fingerprint density at radius 3 is 2.14 bits per heavy atom. The highest BCUT2D eigenvalue weighted by molar-refractivity contribution is 4.86. The first-order chi connectivity index (χ1) is 6.65. The van der Waals surface area contributed by atoms with Gasteiger partial charge in [-0.25, -0.2) is 0 Å². The Kier molecular flexibility index (Phi) is 4.81. The average molecular weight is 203 g/mol. The van der Waals surface area contributed by atoms with Crippen LogP contribution >= 0.6 is 0 Å². The van der Waals surface area contributed by atoms with Crippen molar-refractivity contribution in [2.75, 3.05) is 19.6 Å². The number of rotatable bonds is 4. The molecule has 0 aromatic rings. The Labute approximate surface area is 85.2 Å². The third-order valence-electron chi connectivity index (χ3n) is 2.76. The van der Waals surface area contributed by atoms with Crippen LogP contribution in [-0.2, 0) is 0 Å². The van der Waals surface area contributed by atoms with Gasteiger partial charge in [0, 0.05) is 13.1 Å². The Balaban J connectivity index is 2.27.